The van der Waals surface area contributed by atoms with Crippen LogP contribution in [-0.2, 0) is 14.3 Å². The van der Waals surface area contributed by atoms with Crippen LogP contribution in [0.2, 0.25) is 0 Å². The smallest absolute Gasteiger partial charge is 0.333 e. The van der Waals surface area contributed by atoms with Crippen molar-refractivity contribution in [3.8, 4) is 0 Å². The highest BCUT2D eigenvalue weighted by molar-refractivity contribution is 5.86. The Morgan fingerprint density at radius 3 is 2.62 bits per heavy atom. The summed E-state index contributed by atoms with van der Waals surface area (Å²) in [4.78, 5) is 10.8. The maximum atomic E-state index is 10.8. The van der Waals surface area contributed by atoms with Gasteiger partial charge in [-0.1, -0.05) is 12.7 Å². The number of carbonyl (C=O) groups excluding carboxylic acids is 1. The maximum Gasteiger partial charge on any atom is 0.333 e. The lowest BCUT2D eigenvalue weighted by molar-refractivity contribution is -0.140. The van der Waals surface area contributed by atoms with Crippen molar-refractivity contribution in [2.24, 2.45) is 0 Å². The molecular formula is C10H16O3. The molecule has 3 nitrogen and oxygen atoms in total. The van der Waals surface area contributed by atoms with Gasteiger partial charge in [-0.05, 0) is 13.3 Å². The van der Waals surface area contributed by atoms with E-state index in [9.17, 15) is 4.79 Å². The highest BCUT2D eigenvalue weighted by Gasteiger charge is 2.01. The summed E-state index contributed by atoms with van der Waals surface area (Å²) < 4.78 is 9.92. The van der Waals surface area contributed by atoms with E-state index in [1.54, 1.807) is 13.0 Å². The van der Waals surface area contributed by atoms with E-state index in [-0.39, 0.29) is 12.6 Å². The van der Waals surface area contributed by atoms with Crippen LogP contribution in [0, 0.1) is 0 Å². The van der Waals surface area contributed by atoms with Gasteiger partial charge in [0.2, 0.25) is 0 Å². The van der Waals surface area contributed by atoms with Crippen molar-refractivity contribution in [3.05, 3.63) is 24.8 Å². The van der Waals surface area contributed by atoms with E-state index in [1.165, 1.54) is 0 Å². The molecule has 0 aromatic heterocycles. The molecule has 0 aliphatic carbocycles. The van der Waals surface area contributed by atoms with Crippen LogP contribution in [-0.4, -0.2) is 25.8 Å². The molecule has 0 atom stereocenters. The quantitative estimate of drug-likeness (QED) is 0.261. The summed E-state index contributed by atoms with van der Waals surface area (Å²) in [6.07, 6.45) is 2.59. The zero-order chi connectivity index (χ0) is 10.1. The summed E-state index contributed by atoms with van der Waals surface area (Å²) in [7, 11) is 0. The molecule has 74 valence electrons. The Bertz CT molecular complexity index is 185. The fourth-order valence-electron chi connectivity index (χ4n) is 0.585. The van der Waals surface area contributed by atoms with E-state index in [0.717, 1.165) is 6.42 Å². The van der Waals surface area contributed by atoms with Crippen LogP contribution < -0.4 is 0 Å². The fourth-order valence-corrected chi connectivity index (χ4v) is 0.585. The molecule has 0 spiro atoms. The molecule has 0 N–H and O–H groups in total. The molecule has 0 unspecified atom stereocenters. The van der Waals surface area contributed by atoms with Crippen molar-refractivity contribution in [2.45, 2.75) is 13.3 Å². The van der Waals surface area contributed by atoms with E-state index in [1.807, 2.05) is 0 Å². The van der Waals surface area contributed by atoms with E-state index >= 15 is 0 Å². The number of ether oxygens (including phenoxy) is 2. The first-order valence-electron chi connectivity index (χ1n) is 4.19. The molecule has 0 aliphatic rings. The fraction of sp³-hybridized carbons (Fsp3) is 0.500. The topological polar surface area (TPSA) is 35.5 Å². The van der Waals surface area contributed by atoms with Crippen LogP contribution in [0.3, 0.4) is 0 Å². The Labute approximate surface area is 79.0 Å². The zero-order valence-electron chi connectivity index (χ0n) is 8.04. The number of carbonyl (C=O) groups is 1. The Balaban J connectivity index is 3.21. The van der Waals surface area contributed by atoms with Crippen LogP contribution in [0.25, 0.3) is 0 Å². The van der Waals surface area contributed by atoms with Crippen molar-refractivity contribution in [2.75, 3.05) is 19.8 Å². The van der Waals surface area contributed by atoms with Crippen molar-refractivity contribution in [1.82, 2.24) is 0 Å². The second-order valence-corrected chi connectivity index (χ2v) is 2.61. The molecule has 0 radical (unpaired) electrons. The lowest BCUT2D eigenvalue weighted by atomic mass is 10.4. The van der Waals surface area contributed by atoms with E-state index < -0.39 is 0 Å². The van der Waals surface area contributed by atoms with Gasteiger partial charge in [-0.2, -0.15) is 0 Å². The normalized spacial score (nSPS) is 9.31. The third-order valence-corrected chi connectivity index (χ3v) is 1.28. The number of esters is 1. The largest absolute Gasteiger partial charge is 0.460 e. The molecule has 0 rings (SSSR count). The minimum atomic E-state index is -0.368. The first-order valence-corrected chi connectivity index (χ1v) is 4.19. The van der Waals surface area contributed by atoms with Gasteiger partial charge in [0, 0.05) is 5.57 Å². The first-order chi connectivity index (χ1) is 6.18. The predicted octanol–water partition coefficient (Wildman–Crippen LogP) is 1.70. The minimum Gasteiger partial charge on any atom is -0.460 e. The molecule has 0 heterocycles. The van der Waals surface area contributed by atoms with Gasteiger partial charge in [-0.3, -0.25) is 0 Å². The summed E-state index contributed by atoms with van der Waals surface area (Å²) in [6, 6.07) is 0. The Morgan fingerprint density at radius 2 is 2.08 bits per heavy atom. The Morgan fingerprint density at radius 1 is 1.38 bits per heavy atom. The van der Waals surface area contributed by atoms with Gasteiger partial charge in [-0.25, -0.2) is 4.79 Å². The molecule has 13 heavy (non-hydrogen) atoms. The van der Waals surface area contributed by atoms with E-state index in [2.05, 4.69) is 13.2 Å². The third kappa shape index (κ3) is 7.28. The van der Waals surface area contributed by atoms with Crippen molar-refractivity contribution in [1.29, 1.82) is 0 Å². The molecule has 0 aliphatic heterocycles. The van der Waals surface area contributed by atoms with Crippen LogP contribution >= 0.6 is 0 Å². The first kappa shape index (κ1) is 11.9. The third-order valence-electron chi connectivity index (χ3n) is 1.28. The zero-order valence-corrected chi connectivity index (χ0v) is 8.04. The SMILES string of the molecule is C=CCCOCCOC(=O)C(=C)C. The van der Waals surface area contributed by atoms with Gasteiger partial charge in [0.05, 0.1) is 13.2 Å². The standard InChI is InChI=1S/C10H16O3/c1-4-5-6-12-7-8-13-10(11)9(2)3/h4H,1-2,5-8H2,3H3. The lowest BCUT2D eigenvalue weighted by Crippen LogP contribution is -2.11. The summed E-state index contributed by atoms with van der Waals surface area (Å²) in [5.74, 6) is -0.368. The van der Waals surface area contributed by atoms with Gasteiger partial charge >= 0.3 is 5.97 Å². The van der Waals surface area contributed by atoms with Gasteiger partial charge in [0.15, 0.2) is 0 Å². The van der Waals surface area contributed by atoms with Crippen LogP contribution in [0.1, 0.15) is 13.3 Å². The average molecular weight is 184 g/mol. The average Bonchev–Trinajstić information content (AvgIpc) is 2.10. The minimum absolute atomic E-state index is 0.281. The molecule has 0 aromatic rings. The molecular weight excluding hydrogens is 168 g/mol. The van der Waals surface area contributed by atoms with E-state index in [4.69, 9.17) is 9.47 Å². The second-order valence-electron chi connectivity index (χ2n) is 2.61. The van der Waals surface area contributed by atoms with Crippen LogP contribution in [0.5, 0.6) is 0 Å². The monoisotopic (exact) mass is 184 g/mol. The predicted molar refractivity (Wildman–Crippen MR) is 51.4 cm³/mol. The van der Waals surface area contributed by atoms with E-state index in [0.29, 0.717) is 18.8 Å². The number of hydrogen-bond donors (Lipinski definition) is 0. The molecule has 3 heteroatoms. The second kappa shape index (κ2) is 7.55. The highest BCUT2D eigenvalue weighted by Crippen LogP contribution is 1.91. The van der Waals surface area contributed by atoms with Gasteiger partial charge in [-0.15, -0.1) is 6.58 Å². The van der Waals surface area contributed by atoms with Gasteiger partial charge < -0.3 is 9.47 Å². The highest BCUT2D eigenvalue weighted by atomic mass is 16.6. The summed E-state index contributed by atoms with van der Waals surface area (Å²) >= 11 is 0. The molecule has 0 bridgehead atoms. The maximum absolute atomic E-state index is 10.8. The van der Waals surface area contributed by atoms with Crippen molar-refractivity contribution < 1.29 is 14.3 Å². The number of rotatable bonds is 7. The lowest BCUT2D eigenvalue weighted by Gasteiger charge is -2.04. The Hall–Kier alpha value is -1.09. The number of hydrogen-bond acceptors (Lipinski definition) is 3. The molecule has 0 saturated carbocycles. The molecule has 0 fully saturated rings. The van der Waals surface area contributed by atoms with Crippen LogP contribution in [0.4, 0.5) is 0 Å². The van der Waals surface area contributed by atoms with Crippen molar-refractivity contribution >= 4 is 5.97 Å². The van der Waals surface area contributed by atoms with Gasteiger partial charge in [0.25, 0.3) is 0 Å². The summed E-state index contributed by atoms with van der Waals surface area (Å²) in [5, 5.41) is 0. The van der Waals surface area contributed by atoms with Crippen LogP contribution in [0.15, 0.2) is 24.8 Å². The molecule has 0 aromatic carbocycles. The van der Waals surface area contributed by atoms with Crippen molar-refractivity contribution in [3.63, 3.8) is 0 Å². The molecule has 0 saturated heterocycles. The summed E-state index contributed by atoms with van der Waals surface area (Å²) in [6.45, 7) is 9.94. The Kier molecular flexibility index (Phi) is 6.92. The van der Waals surface area contributed by atoms with Gasteiger partial charge in [0.1, 0.15) is 6.61 Å². The summed E-state index contributed by atoms with van der Waals surface area (Å²) in [5.41, 5.74) is 0.408. The molecule has 0 amide bonds.